The van der Waals surface area contributed by atoms with E-state index in [2.05, 4.69) is 45.0 Å². The molecule has 0 aliphatic heterocycles. The highest BCUT2D eigenvalue weighted by molar-refractivity contribution is 7.49. The van der Waals surface area contributed by atoms with Gasteiger partial charge in [0.25, 0.3) is 0 Å². The molecule has 0 radical (unpaired) electrons. The van der Waals surface area contributed by atoms with Crippen LogP contribution in [0.5, 0.6) is 11.5 Å². The molecule has 0 saturated carbocycles. The van der Waals surface area contributed by atoms with Crippen molar-refractivity contribution in [3.63, 3.8) is 0 Å². The third-order valence-corrected chi connectivity index (χ3v) is 8.53. The van der Waals surface area contributed by atoms with Crippen LogP contribution in [0.25, 0.3) is 0 Å². The standard InChI is InChI=1S/C28H33O3P/c1-6-28(7-2,32-27-20(3)13-11-16-23(27)21(4)29)24-17-12-18-25(30-5)26(24)31-19-22-14-9-8-10-15-22/h8-18,32H,6-7,19H2,1-5H3. The van der Waals surface area contributed by atoms with Gasteiger partial charge in [0.05, 0.1) is 7.11 Å². The molecule has 3 aromatic carbocycles. The van der Waals surface area contributed by atoms with Crippen molar-refractivity contribution in [1.82, 2.24) is 0 Å². The van der Waals surface area contributed by atoms with Crippen LogP contribution in [0.4, 0.5) is 0 Å². The molecule has 168 valence electrons. The topological polar surface area (TPSA) is 35.5 Å². The quantitative estimate of drug-likeness (QED) is 0.253. The molecule has 0 spiro atoms. The van der Waals surface area contributed by atoms with Crippen molar-refractivity contribution < 1.29 is 14.3 Å². The third-order valence-electron chi connectivity index (χ3n) is 6.16. The van der Waals surface area contributed by atoms with Gasteiger partial charge in [0.1, 0.15) is 6.61 Å². The van der Waals surface area contributed by atoms with Gasteiger partial charge in [-0.1, -0.05) is 83.1 Å². The molecule has 32 heavy (non-hydrogen) atoms. The minimum atomic E-state index is -0.156. The van der Waals surface area contributed by atoms with Crippen LogP contribution in [0.3, 0.4) is 0 Å². The maximum Gasteiger partial charge on any atom is 0.165 e. The fourth-order valence-corrected chi connectivity index (χ4v) is 6.01. The van der Waals surface area contributed by atoms with Crippen molar-refractivity contribution in [2.75, 3.05) is 7.11 Å². The second-order valence-electron chi connectivity index (χ2n) is 8.08. The summed E-state index contributed by atoms with van der Waals surface area (Å²) >= 11 is 0. The summed E-state index contributed by atoms with van der Waals surface area (Å²) in [6, 6.07) is 22.4. The maximum atomic E-state index is 12.4. The zero-order chi connectivity index (χ0) is 23.1. The monoisotopic (exact) mass is 448 g/mol. The lowest BCUT2D eigenvalue weighted by atomic mass is 9.91. The Morgan fingerprint density at radius 1 is 0.938 bits per heavy atom. The lowest BCUT2D eigenvalue weighted by molar-refractivity contribution is 0.101. The average Bonchev–Trinajstić information content (AvgIpc) is 2.82. The van der Waals surface area contributed by atoms with Gasteiger partial charge >= 0.3 is 0 Å². The summed E-state index contributed by atoms with van der Waals surface area (Å²) in [6.45, 7) is 8.68. The molecular weight excluding hydrogens is 415 g/mol. The second kappa shape index (κ2) is 10.8. The number of methoxy groups -OCH3 is 1. The molecule has 3 aromatic rings. The SMILES string of the molecule is CCC(CC)(Pc1c(C)cccc1C(C)=O)c1cccc(OC)c1OCc1ccccc1. The van der Waals surface area contributed by atoms with Crippen LogP contribution in [-0.4, -0.2) is 12.9 Å². The Balaban J connectivity index is 2.09. The van der Waals surface area contributed by atoms with Gasteiger partial charge < -0.3 is 9.47 Å². The number of para-hydroxylation sites is 1. The predicted octanol–water partition coefficient (Wildman–Crippen LogP) is 6.80. The number of carbonyl (C=O) groups excluding carboxylic acids is 1. The van der Waals surface area contributed by atoms with Crippen molar-refractivity contribution in [1.29, 1.82) is 0 Å². The maximum absolute atomic E-state index is 12.4. The van der Waals surface area contributed by atoms with Crippen LogP contribution in [0.2, 0.25) is 0 Å². The van der Waals surface area contributed by atoms with E-state index in [0.29, 0.717) is 15.2 Å². The normalized spacial score (nSPS) is 11.7. The summed E-state index contributed by atoms with van der Waals surface area (Å²) < 4.78 is 12.1. The molecule has 4 heteroatoms. The molecule has 0 N–H and O–H groups in total. The zero-order valence-electron chi connectivity index (χ0n) is 19.7. The Morgan fingerprint density at radius 2 is 1.62 bits per heavy atom. The molecule has 0 aliphatic carbocycles. The number of benzene rings is 3. The number of hydrogen-bond acceptors (Lipinski definition) is 3. The number of Topliss-reactive ketones (excluding diaryl/α,β-unsaturated/α-hetero) is 1. The summed E-state index contributed by atoms with van der Waals surface area (Å²) in [5, 5.41) is 0.997. The minimum absolute atomic E-state index is 0.114. The largest absolute Gasteiger partial charge is 0.493 e. The van der Waals surface area contributed by atoms with Crippen molar-refractivity contribution in [2.24, 2.45) is 0 Å². The van der Waals surface area contributed by atoms with E-state index in [0.717, 1.165) is 51.9 Å². The molecule has 0 heterocycles. The summed E-state index contributed by atoms with van der Waals surface area (Å²) in [6.07, 6.45) is 1.87. The molecule has 1 unspecified atom stereocenters. The lowest BCUT2D eigenvalue weighted by Crippen LogP contribution is -2.26. The number of aryl methyl sites for hydroxylation is 1. The van der Waals surface area contributed by atoms with Crippen LogP contribution in [-0.2, 0) is 11.8 Å². The highest BCUT2D eigenvalue weighted by Gasteiger charge is 2.34. The van der Waals surface area contributed by atoms with E-state index in [1.54, 1.807) is 14.0 Å². The van der Waals surface area contributed by atoms with E-state index in [9.17, 15) is 4.79 Å². The van der Waals surface area contributed by atoms with Crippen LogP contribution >= 0.6 is 8.58 Å². The summed E-state index contributed by atoms with van der Waals surface area (Å²) in [5.41, 5.74) is 4.25. The van der Waals surface area contributed by atoms with Crippen LogP contribution in [0.1, 0.15) is 60.7 Å². The Labute approximate surface area is 193 Å². The molecule has 0 aromatic heterocycles. The Hall–Kier alpha value is -2.64. The molecule has 3 rings (SSSR count). The summed E-state index contributed by atoms with van der Waals surface area (Å²) in [7, 11) is 2.13. The van der Waals surface area contributed by atoms with E-state index in [4.69, 9.17) is 9.47 Å². The number of hydrogen-bond donors (Lipinski definition) is 0. The first kappa shape index (κ1) is 24.0. The van der Waals surface area contributed by atoms with Gasteiger partial charge in [0.15, 0.2) is 17.3 Å². The fraction of sp³-hybridized carbons (Fsp3) is 0.321. The number of rotatable bonds is 10. The fourth-order valence-electron chi connectivity index (χ4n) is 4.17. The predicted molar refractivity (Wildman–Crippen MR) is 135 cm³/mol. The van der Waals surface area contributed by atoms with E-state index >= 15 is 0 Å². The van der Waals surface area contributed by atoms with Gasteiger partial charge in [-0.15, -0.1) is 0 Å². The molecular formula is C28H33O3P. The van der Waals surface area contributed by atoms with E-state index in [1.807, 2.05) is 42.5 Å². The van der Waals surface area contributed by atoms with Gasteiger partial charge in [-0.2, -0.15) is 0 Å². The molecule has 0 aliphatic rings. The van der Waals surface area contributed by atoms with E-state index < -0.39 is 0 Å². The van der Waals surface area contributed by atoms with E-state index in [-0.39, 0.29) is 10.9 Å². The minimum Gasteiger partial charge on any atom is -0.493 e. The van der Waals surface area contributed by atoms with Gasteiger partial charge in [-0.05, 0) is 49.2 Å². The molecule has 0 saturated heterocycles. The van der Waals surface area contributed by atoms with Gasteiger partial charge in [0.2, 0.25) is 0 Å². The Morgan fingerprint density at radius 3 is 2.25 bits per heavy atom. The van der Waals surface area contributed by atoms with Gasteiger partial charge in [-0.3, -0.25) is 4.79 Å². The molecule has 3 nitrogen and oxygen atoms in total. The summed E-state index contributed by atoms with van der Waals surface area (Å²) in [4.78, 5) is 12.4. The third kappa shape index (κ3) is 5.05. The second-order valence-corrected chi connectivity index (χ2v) is 9.79. The Kier molecular flexibility index (Phi) is 8.10. The van der Waals surface area contributed by atoms with Crippen LogP contribution in [0.15, 0.2) is 66.7 Å². The first-order chi connectivity index (χ1) is 15.5. The van der Waals surface area contributed by atoms with Crippen LogP contribution in [0, 0.1) is 6.92 Å². The average molecular weight is 449 g/mol. The van der Waals surface area contributed by atoms with Crippen LogP contribution < -0.4 is 14.8 Å². The van der Waals surface area contributed by atoms with Gasteiger partial charge in [0, 0.05) is 16.3 Å². The first-order valence-corrected chi connectivity index (χ1v) is 12.2. The number of ketones is 1. The van der Waals surface area contributed by atoms with Gasteiger partial charge in [-0.25, -0.2) is 0 Å². The molecule has 0 fully saturated rings. The highest BCUT2D eigenvalue weighted by atomic mass is 31.1. The van der Waals surface area contributed by atoms with Crippen molar-refractivity contribution >= 4 is 19.7 Å². The van der Waals surface area contributed by atoms with Crippen molar-refractivity contribution in [3.05, 3.63) is 89.0 Å². The molecule has 1 atom stereocenters. The van der Waals surface area contributed by atoms with Crippen molar-refractivity contribution in [2.45, 2.75) is 52.3 Å². The zero-order valence-corrected chi connectivity index (χ0v) is 20.7. The number of carbonyl (C=O) groups is 1. The first-order valence-electron chi connectivity index (χ1n) is 11.2. The number of ether oxygens (including phenoxy) is 2. The molecule has 0 amide bonds. The van der Waals surface area contributed by atoms with E-state index in [1.165, 1.54) is 0 Å². The van der Waals surface area contributed by atoms with Crippen molar-refractivity contribution in [3.8, 4) is 11.5 Å². The smallest absolute Gasteiger partial charge is 0.165 e. The Bertz CT molecular complexity index is 1060. The highest BCUT2D eigenvalue weighted by Crippen LogP contribution is 2.52. The lowest BCUT2D eigenvalue weighted by Gasteiger charge is -2.35. The molecule has 0 bridgehead atoms. The summed E-state index contributed by atoms with van der Waals surface area (Å²) in [5.74, 6) is 1.66.